The molecule has 2 aliphatic rings. The van der Waals surface area contributed by atoms with E-state index in [4.69, 9.17) is 0 Å². The van der Waals surface area contributed by atoms with Gasteiger partial charge in [-0.25, -0.2) is 0 Å². The zero-order valence-corrected chi connectivity index (χ0v) is 13.4. The van der Waals surface area contributed by atoms with Crippen molar-refractivity contribution in [2.75, 3.05) is 0 Å². The van der Waals surface area contributed by atoms with Gasteiger partial charge in [-0.3, -0.25) is 9.59 Å². The lowest BCUT2D eigenvalue weighted by Crippen LogP contribution is -2.21. The lowest BCUT2D eigenvalue weighted by Gasteiger charge is -2.08. The minimum atomic E-state index is -0.240. The van der Waals surface area contributed by atoms with Crippen molar-refractivity contribution in [3.05, 3.63) is 81.9 Å². The van der Waals surface area contributed by atoms with E-state index in [2.05, 4.69) is 10.6 Å². The molecule has 2 heterocycles. The number of fused-ring (bicyclic) bond motifs is 1. The second kappa shape index (κ2) is 5.20. The van der Waals surface area contributed by atoms with Gasteiger partial charge in [0, 0.05) is 0 Å². The molecule has 0 bridgehead atoms. The Morgan fingerprint density at radius 2 is 1.25 bits per heavy atom. The fourth-order valence-corrected chi connectivity index (χ4v) is 3.13. The van der Waals surface area contributed by atoms with E-state index in [1.165, 1.54) is 0 Å². The molecule has 4 heteroatoms. The third-order valence-electron chi connectivity index (χ3n) is 4.33. The number of carbonyl (C=O) groups is 2. The van der Waals surface area contributed by atoms with Crippen LogP contribution in [0.15, 0.2) is 59.7 Å². The highest BCUT2D eigenvalue weighted by molar-refractivity contribution is 6.30. The lowest BCUT2D eigenvalue weighted by molar-refractivity contribution is -0.117. The number of aryl methyl sites for hydroxylation is 2. The van der Waals surface area contributed by atoms with E-state index >= 15 is 0 Å². The number of benzene rings is 2. The average molecular weight is 316 g/mol. The van der Waals surface area contributed by atoms with Crippen LogP contribution in [0.3, 0.4) is 0 Å². The zero-order valence-electron chi connectivity index (χ0n) is 13.4. The smallest absolute Gasteiger partial charge is 0.258 e. The number of hydrogen-bond donors (Lipinski definition) is 2. The fraction of sp³-hybridized carbons (Fsp3) is 0.100. The first-order valence-electron chi connectivity index (χ1n) is 7.80. The molecule has 0 unspecified atom stereocenters. The van der Waals surface area contributed by atoms with Crippen LogP contribution >= 0.6 is 0 Å². The van der Waals surface area contributed by atoms with Gasteiger partial charge in [0.1, 0.15) is 0 Å². The quantitative estimate of drug-likeness (QED) is 0.895. The highest BCUT2D eigenvalue weighted by atomic mass is 16.2. The first-order chi connectivity index (χ1) is 11.5. The van der Waals surface area contributed by atoms with E-state index in [9.17, 15) is 9.59 Å². The van der Waals surface area contributed by atoms with Gasteiger partial charge in [0.15, 0.2) is 0 Å². The molecule has 2 N–H and O–H groups in total. The number of rotatable bonds is 2. The van der Waals surface area contributed by atoms with Gasteiger partial charge < -0.3 is 10.6 Å². The largest absolute Gasteiger partial charge is 0.321 e. The number of amides is 2. The van der Waals surface area contributed by atoms with Crippen molar-refractivity contribution in [2.45, 2.75) is 13.8 Å². The van der Waals surface area contributed by atoms with E-state index in [0.717, 1.165) is 22.3 Å². The molecule has 0 spiro atoms. The maximum atomic E-state index is 12.5. The van der Waals surface area contributed by atoms with Crippen LogP contribution in [0.25, 0.3) is 11.4 Å². The molecule has 0 aliphatic carbocycles. The van der Waals surface area contributed by atoms with E-state index in [-0.39, 0.29) is 11.8 Å². The second-order valence-corrected chi connectivity index (χ2v) is 6.14. The van der Waals surface area contributed by atoms with Crippen molar-refractivity contribution in [2.24, 2.45) is 0 Å². The molecule has 0 radical (unpaired) electrons. The molecule has 0 saturated carbocycles. The SMILES string of the molecule is Cc1ccc(C2=C3C(=O)NC(c4cccc(C)c4)=C3C(=O)N2)cc1. The Balaban J connectivity index is 1.90. The Kier molecular flexibility index (Phi) is 3.13. The minimum absolute atomic E-state index is 0.240. The van der Waals surface area contributed by atoms with Gasteiger partial charge in [0.25, 0.3) is 11.8 Å². The normalized spacial score (nSPS) is 16.4. The standard InChI is InChI=1S/C20H16N2O2/c1-11-6-8-13(9-7-11)17-15-16(20(24)21-17)18(22-19(15)23)14-5-3-4-12(2)10-14/h3-10H,1-2H3,(H,21,24)(H,22,23). The third kappa shape index (κ3) is 2.15. The van der Waals surface area contributed by atoms with Crippen LogP contribution in [0, 0.1) is 13.8 Å². The molecule has 0 atom stereocenters. The summed E-state index contributed by atoms with van der Waals surface area (Å²) in [5.41, 5.74) is 5.90. The summed E-state index contributed by atoms with van der Waals surface area (Å²) in [6.45, 7) is 3.98. The van der Waals surface area contributed by atoms with Gasteiger partial charge in [-0.15, -0.1) is 0 Å². The summed E-state index contributed by atoms with van der Waals surface area (Å²) in [5, 5.41) is 5.72. The topological polar surface area (TPSA) is 58.2 Å². The van der Waals surface area contributed by atoms with Crippen molar-refractivity contribution in [1.82, 2.24) is 10.6 Å². The molecular formula is C20H16N2O2. The van der Waals surface area contributed by atoms with Crippen LogP contribution in [0.5, 0.6) is 0 Å². The summed E-state index contributed by atoms with van der Waals surface area (Å²) >= 11 is 0. The summed E-state index contributed by atoms with van der Waals surface area (Å²) < 4.78 is 0. The second-order valence-electron chi connectivity index (χ2n) is 6.14. The summed E-state index contributed by atoms with van der Waals surface area (Å²) in [5.74, 6) is -0.481. The van der Waals surface area contributed by atoms with Crippen LogP contribution < -0.4 is 10.6 Å². The molecule has 2 aromatic rings. The van der Waals surface area contributed by atoms with E-state index < -0.39 is 0 Å². The molecule has 2 amide bonds. The lowest BCUT2D eigenvalue weighted by atomic mass is 10.0. The maximum absolute atomic E-state index is 12.5. The Morgan fingerprint density at radius 3 is 1.83 bits per heavy atom. The highest BCUT2D eigenvalue weighted by Gasteiger charge is 2.40. The van der Waals surface area contributed by atoms with E-state index in [1.54, 1.807) is 0 Å². The van der Waals surface area contributed by atoms with E-state index in [0.29, 0.717) is 22.5 Å². The molecule has 4 rings (SSSR count). The predicted octanol–water partition coefficient (Wildman–Crippen LogP) is 2.69. The van der Waals surface area contributed by atoms with Crippen molar-refractivity contribution >= 4 is 23.2 Å². The Morgan fingerprint density at radius 1 is 0.667 bits per heavy atom. The van der Waals surface area contributed by atoms with Crippen LogP contribution in [0.1, 0.15) is 22.3 Å². The van der Waals surface area contributed by atoms with E-state index in [1.807, 2.05) is 62.4 Å². The van der Waals surface area contributed by atoms with Gasteiger partial charge in [0.05, 0.1) is 22.5 Å². The molecule has 2 aliphatic heterocycles. The summed E-state index contributed by atoms with van der Waals surface area (Å²) in [6, 6.07) is 15.5. The molecule has 4 nitrogen and oxygen atoms in total. The van der Waals surface area contributed by atoms with Crippen LogP contribution in [0.2, 0.25) is 0 Å². The molecule has 0 aromatic heterocycles. The Labute approximate surface area is 139 Å². The van der Waals surface area contributed by atoms with Crippen molar-refractivity contribution in [1.29, 1.82) is 0 Å². The Bertz CT molecular complexity index is 950. The van der Waals surface area contributed by atoms with Crippen LogP contribution in [-0.4, -0.2) is 11.8 Å². The number of hydrogen-bond acceptors (Lipinski definition) is 2. The molecule has 118 valence electrons. The predicted molar refractivity (Wildman–Crippen MR) is 92.5 cm³/mol. The molecule has 0 saturated heterocycles. The first kappa shape index (κ1) is 14.5. The highest BCUT2D eigenvalue weighted by Crippen LogP contribution is 2.37. The molecular weight excluding hydrogens is 300 g/mol. The van der Waals surface area contributed by atoms with Gasteiger partial charge in [-0.05, 0) is 31.0 Å². The maximum Gasteiger partial charge on any atom is 0.258 e. The van der Waals surface area contributed by atoms with Crippen molar-refractivity contribution in [3.8, 4) is 0 Å². The van der Waals surface area contributed by atoms with Crippen LogP contribution in [-0.2, 0) is 9.59 Å². The monoisotopic (exact) mass is 316 g/mol. The summed E-state index contributed by atoms with van der Waals surface area (Å²) in [6.07, 6.45) is 0. The number of carbonyl (C=O) groups excluding carboxylic acids is 2. The van der Waals surface area contributed by atoms with Gasteiger partial charge in [-0.1, -0.05) is 53.6 Å². The van der Waals surface area contributed by atoms with Gasteiger partial charge in [-0.2, -0.15) is 0 Å². The summed E-state index contributed by atoms with van der Waals surface area (Å²) in [4.78, 5) is 25.0. The van der Waals surface area contributed by atoms with Gasteiger partial charge in [0.2, 0.25) is 0 Å². The summed E-state index contributed by atoms with van der Waals surface area (Å²) in [7, 11) is 0. The average Bonchev–Trinajstić information content (AvgIpc) is 3.08. The Hall–Kier alpha value is -3.14. The van der Waals surface area contributed by atoms with Crippen molar-refractivity contribution < 1.29 is 9.59 Å². The number of nitrogens with one attached hydrogen (secondary N) is 2. The fourth-order valence-electron chi connectivity index (χ4n) is 3.13. The van der Waals surface area contributed by atoms with Crippen molar-refractivity contribution in [3.63, 3.8) is 0 Å². The zero-order chi connectivity index (χ0) is 16.8. The minimum Gasteiger partial charge on any atom is -0.321 e. The van der Waals surface area contributed by atoms with Gasteiger partial charge >= 0.3 is 0 Å². The van der Waals surface area contributed by atoms with Crippen LogP contribution in [0.4, 0.5) is 0 Å². The molecule has 0 fully saturated rings. The molecule has 24 heavy (non-hydrogen) atoms. The first-order valence-corrected chi connectivity index (χ1v) is 7.80. The third-order valence-corrected chi connectivity index (χ3v) is 4.33. The molecule has 2 aromatic carbocycles.